The van der Waals surface area contributed by atoms with E-state index in [1.165, 1.54) is 13.2 Å². The number of nitrogens with zero attached hydrogens (tertiary/aromatic N) is 2. The highest BCUT2D eigenvalue weighted by Crippen LogP contribution is 2.14. The first-order valence-electron chi connectivity index (χ1n) is 9.49. The molecule has 9 heteroatoms. The second-order valence-electron chi connectivity index (χ2n) is 8.41. The third kappa shape index (κ3) is 14.5. The molecule has 0 spiro atoms. The van der Waals surface area contributed by atoms with Gasteiger partial charge < -0.3 is 23.8 Å². The van der Waals surface area contributed by atoms with Gasteiger partial charge in [-0.1, -0.05) is 6.08 Å². The summed E-state index contributed by atoms with van der Waals surface area (Å²) >= 11 is 0. The Kier molecular flexibility index (Phi) is 11.5. The van der Waals surface area contributed by atoms with Crippen LogP contribution in [0.5, 0.6) is 0 Å². The maximum absolute atomic E-state index is 12.3. The van der Waals surface area contributed by atoms with Crippen LogP contribution in [-0.4, -0.2) is 86.2 Å². The van der Waals surface area contributed by atoms with Gasteiger partial charge in [-0.3, -0.25) is 0 Å². The van der Waals surface area contributed by atoms with Gasteiger partial charge in [-0.05, 0) is 48.6 Å². The van der Waals surface area contributed by atoms with Gasteiger partial charge in [-0.15, -0.1) is 0 Å². The normalized spacial score (nSPS) is 12.2. The number of rotatable bonds is 9. The number of methoxy groups -OCH3 is 1. The minimum atomic E-state index is -0.777. The summed E-state index contributed by atoms with van der Waals surface area (Å²) in [6, 6.07) is 0. The molecule has 0 aromatic carbocycles. The van der Waals surface area contributed by atoms with Crippen molar-refractivity contribution in [1.82, 2.24) is 9.80 Å². The van der Waals surface area contributed by atoms with Crippen molar-refractivity contribution in [2.24, 2.45) is 0 Å². The SMILES string of the molecule is COC(=O)/C=C/CN(C)CCOCCN(C(=O)OC(C)(C)C)C(=O)OC(C)(C)C. The minimum Gasteiger partial charge on any atom is -0.466 e. The quantitative estimate of drug-likeness (QED) is 0.245. The largest absolute Gasteiger partial charge is 0.466 e. The van der Waals surface area contributed by atoms with Gasteiger partial charge in [-0.25, -0.2) is 19.3 Å². The second-order valence-corrected chi connectivity index (χ2v) is 8.41. The first-order valence-corrected chi connectivity index (χ1v) is 9.49. The van der Waals surface area contributed by atoms with Crippen LogP contribution in [0, 0.1) is 0 Å². The zero-order valence-electron chi connectivity index (χ0n) is 18.9. The lowest BCUT2D eigenvalue weighted by Crippen LogP contribution is -2.45. The molecule has 0 bridgehead atoms. The van der Waals surface area contributed by atoms with E-state index in [-0.39, 0.29) is 13.2 Å². The van der Waals surface area contributed by atoms with Crippen molar-refractivity contribution in [3.8, 4) is 0 Å². The zero-order chi connectivity index (χ0) is 22.7. The molecular formula is C20H36N2O7. The molecule has 0 unspecified atom stereocenters. The number of imide groups is 1. The van der Waals surface area contributed by atoms with Crippen LogP contribution in [0.25, 0.3) is 0 Å². The maximum Gasteiger partial charge on any atom is 0.419 e. The molecule has 0 aliphatic heterocycles. The zero-order valence-corrected chi connectivity index (χ0v) is 18.9. The van der Waals surface area contributed by atoms with Crippen LogP contribution < -0.4 is 0 Å². The predicted molar refractivity (Wildman–Crippen MR) is 109 cm³/mol. The Labute approximate surface area is 173 Å². The van der Waals surface area contributed by atoms with Crippen LogP contribution in [-0.2, 0) is 23.7 Å². The summed E-state index contributed by atoms with van der Waals surface area (Å²) in [4.78, 5) is 38.6. The molecule has 29 heavy (non-hydrogen) atoms. The van der Waals surface area contributed by atoms with Crippen molar-refractivity contribution in [2.45, 2.75) is 52.7 Å². The molecule has 0 atom stereocenters. The van der Waals surface area contributed by atoms with Gasteiger partial charge in [-0.2, -0.15) is 0 Å². The topological polar surface area (TPSA) is 94.6 Å². The third-order valence-electron chi connectivity index (χ3n) is 3.18. The molecule has 0 aromatic heterocycles. The first kappa shape index (κ1) is 26.9. The van der Waals surface area contributed by atoms with Crippen LogP contribution in [0.4, 0.5) is 9.59 Å². The van der Waals surface area contributed by atoms with Gasteiger partial charge in [0.15, 0.2) is 0 Å². The highest BCUT2D eigenvalue weighted by atomic mass is 16.6. The monoisotopic (exact) mass is 416 g/mol. The number of likely N-dealkylation sites (N-methyl/N-ethyl adjacent to an activating group) is 1. The number of hydrogen-bond acceptors (Lipinski definition) is 8. The van der Waals surface area contributed by atoms with Crippen molar-refractivity contribution in [3.05, 3.63) is 12.2 Å². The van der Waals surface area contributed by atoms with Crippen LogP contribution in [0.3, 0.4) is 0 Å². The minimum absolute atomic E-state index is 0.00971. The van der Waals surface area contributed by atoms with Gasteiger partial charge >= 0.3 is 18.2 Å². The Morgan fingerprint density at radius 2 is 1.34 bits per heavy atom. The lowest BCUT2D eigenvalue weighted by molar-refractivity contribution is -0.134. The van der Waals surface area contributed by atoms with E-state index in [1.54, 1.807) is 47.6 Å². The fraction of sp³-hybridized carbons (Fsp3) is 0.750. The molecule has 2 amide bonds. The highest BCUT2D eigenvalue weighted by molar-refractivity contribution is 5.88. The number of carbonyl (C=O) groups is 3. The Hall–Kier alpha value is -2.13. The maximum atomic E-state index is 12.3. The number of hydrogen-bond donors (Lipinski definition) is 0. The van der Waals surface area contributed by atoms with Crippen LogP contribution in [0.2, 0.25) is 0 Å². The summed E-state index contributed by atoms with van der Waals surface area (Å²) in [7, 11) is 3.20. The molecule has 0 N–H and O–H groups in total. The van der Waals surface area contributed by atoms with E-state index in [9.17, 15) is 14.4 Å². The van der Waals surface area contributed by atoms with Crippen molar-refractivity contribution < 1.29 is 33.3 Å². The second kappa shape index (κ2) is 12.4. The van der Waals surface area contributed by atoms with E-state index in [2.05, 4.69) is 4.74 Å². The molecule has 168 valence electrons. The van der Waals surface area contributed by atoms with Crippen molar-refractivity contribution in [2.75, 3.05) is 47.0 Å². The van der Waals surface area contributed by atoms with E-state index in [0.717, 1.165) is 4.90 Å². The molecule has 0 saturated carbocycles. The standard InChI is InChI=1S/C20H36N2O7/c1-19(2,3)28-17(24)22(18(25)29-20(4,5)6)13-15-27-14-12-21(7)11-9-10-16(23)26-8/h9-10H,11-15H2,1-8H3/b10-9+. The Morgan fingerprint density at radius 1 is 0.862 bits per heavy atom. The number of esters is 1. The molecule has 0 saturated heterocycles. The number of carbonyl (C=O) groups excluding carboxylic acids is 3. The molecule has 9 nitrogen and oxygen atoms in total. The third-order valence-corrected chi connectivity index (χ3v) is 3.18. The predicted octanol–water partition coefficient (Wildman–Crippen LogP) is 2.84. The number of ether oxygens (including phenoxy) is 4. The molecule has 0 radical (unpaired) electrons. The molecule has 0 aromatic rings. The Balaban J connectivity index is 4.52. The molecule has 0 heterocycles. The molecule has 0 rings (SSSR count). The average molecular weight is 417 g/mol. The van der Waals surface area contributed by atoms with Gasteiger partial charge in [0.05, 0.1) is 26.9 Å². The van der Waals surface area contributed by atoms with E-state index < -0.39 is 29.4 Å². The van der Waals surface area contributed by atoms with Gasteiger partial charge in [0.2, 0.25) is 0 Å². The summed E-state index contributed by atoms with van der Waals surface area (Å²) in [6.07, 6.45) is 1.50. The van der Waals surface area contributed by atoms with Gasteiger partial charge in [0.25, 0.3) is 0 Å². The highest BCUT2D eigenvalue weighted by Gasteiger charge is 2.30. The van der Waals surface area contributed by atoms with Crippen LogP contribution in [0.15, 0.2) is 12.2 Å². The molecular weight excluding hydrogens is 380 g/mol. The van der Waals surface area contributed by atoms with E-state index in [4.69, 9.17) is 14.2 Å². The smallest absolute Gasteiger partial charge is 0.419 e. The van der Waals surface area contributed by atoms with E-state index in [0.29, 0.717) is 19.7 Å². The summed E-state index contributed by atoms with van der Waals surface area (Å²) in [5.41, 5.74) is -1.47. The van der Waals surface area contributed by atoms with Gasteiger partial charge in [0, 0.05) is 19.2 Å². The van der Waals surface area contributed by atoms with Gasteiger partial charge in [0.1, 0.15) is 11.2 Å². The summed E-state index contributed by atoms with van der Waals surface area (Å²) in [6.45, 7) is 12.0. The molecule has 0 aliphatic rings. The Morgan fingerprint density at radius 3 is 1.79 bits per heavy atom. The Bertz CT molecular complexity index is 534. The summed E-state index contributed by atoms with van der Waals surface area (Å²) in [5.74, 6) is -0.404. The van der Waals surface area contributed by atoms with Crippen molar-refractivity contribution in [3.63, 3.8) is 0 Å². The molecule has 0 aliphatic carbocycles. The fourth-order valence-corrected chi connectivity index (χ4v) is 1.86. The fourth-order valence-electron chi connectivity index (χ4n) is 1.86. The average Bonchev–Trinajstić information content (AvgIpc) is 2.54. The number of amides is 2. The first-order chi connectivity index (χ1) is 13.2. The van der Waals surface area contributed by atoms with Crippen LogP contribution >= 0.6 is 0 Å². The molecule has 0 fully saturated rings. The van der Waals surface area contributed by atoms with E-state index in [1.807, 2.05) is 11.9 Å². The lowest BCUT2D eigenvalue weighted by atomic mass is 10.2. The van der Waals surface area contributed by atoms with E-state index >= 15 is 0 Å². The van der Waals surface area contributed by atoms with Crippen molar-refractivity contribution >= 4 is 18.2 Å². The summed E-state index contributed by atoms with van der Waals surface area (Å²) < 4.78 is 20.6. The van der Waals surface area contributed by atoms with Crippen molar-refractivity contribution in [1.29, 1.82) is 0 Å². The summed E-state index contributed by atoms with van der Waals surface area (Å²) in [5, 5.41) is 0. The lowest BCUT2D eigenvalue weighted by Gasteiger charge is -2.28. The van der Waals surface area contributed by atoms with Crippen LogP contribution in [0.1, 0.15) is 41.5 Å².